The molecule has 0 amide bonds. The molecule has 3 heterocycles. The van der Waals surface area contributed by atoms with E-state index in [9.17, 15) is 0 Å². The Bertz CT molecular complexity index is 974. The van der Waals surface area contributed by atoms with E-state index in [0.29, 0.717) is 6.04 Å². The van der Waals surface area contributed by atoms with Crippen LogP contribution in [0, 0.1) is 0 Å². The number of nitrogens with one attached hydrogen (secondary N) is 2. The molecule has 0 unspecified atom stereocenters. The second-order valence-corrected chi connectivity index (χ2v) is 8.20. The molecule has 1 saturated carbocycles. The number of anilines is 2. The van der Waals surface area contributed by atoms with Crippen molar-refractivity contribution in [1.82, 2.24) is 15.3 Å². The number of hydrogen-bond donors (Lipinski definition) is 2. The lowest BCUT2D eigenvalue weighted by Crippen LogP contribution is -2.44. The quantitative estimate of drug-likeness (QED) is 0.693. The minimum atomic E-state index is 0.549. The molecule has 0 bridgehead atoms. The minimum Gasteiger partial charge on any atom is -0.367 e. The Morgan fingerprint density at radius 2 is 1.79 bits per heavy atom. The summed E-state index contributed by atoms with van der Waals surface area (Å²) in [6.45, 7) is 3.99. The van der Waals surface area contributed by atoms with Gasteiger partial charge in [-0.3, -0.25) is 0 Å². The fraction of sp³-hybridized carbons (Fsp3) is 0.417. The van der Waals surface area contributed by atoms with Crippen molar-refractivity contribution >= 4 is 22.4 Å². The van der Waals surface area contributed by atoms with E-state index in [1.54, 1.807) is 0 Å². The topological polar surface area (TPSA) is 53.1 Å². The summed E-state index contributed by atoms with van der Waals surface area (Å²) in [5, 5.41) is 9.56. The average molecular weight is 388 g/mol. The van der Waals surface area contributed by atoms with Crippen LogP contribution in [0.25, 0.3) is 22.0 Å². The van der Waals surface area contributed by atoms with Gasteiger partial charge in [-0.2, -0.15) is 0 Å². The van der Waals surface area contributed by atoms with Crippen LogP contribution >= 0.6 is 0 Å². The molecule has 5 rings (SSSR count). The molecule has 2 fully saturated rings. The highest BCUT2D eigenvalue weighted by atomic mass is 15.2. The predicted molar refractivity (Wildman–Crippen MR) is 121 cm³/mol. The molecule has 0 atom stereocenters. The van der Waals surface area contributed by atoms with Gasteiger partial charge in [0.1, 0.15) is 11.6 Å². The SMILES string of the molecule is c1ccc2c(N3CCNCC3)nc(-c3ccnc(NC4CCCCC4)c3)cc2c1. The van der Waals surface area contributed by atoms with Gasteiger partial charge in [0.15, 0.2) is 0 Å². The highest BCUT2D eigenvalue weighted by Crippen LogP contribution is 2.31. The first kappa shape index (κ1) is 18.4. The van der Waals surface area contributed by atoms with Crippen LogP contribution in [0.5, 0.6) is 0 Å². The maximum absolute atomic E-state index is 5.13. The Balaban J connectivity index is 1.50. The molecule has 2 aromatic heterocycles. The van der Waals surface area contributed by atoms with Gasteiger partial charge in [0.2, 0.25) is 0 Å². The van der Waals surface area contributed by atoms with E-state index in [4.69, 9.17) is 4.98 Å². The Hall–Kier alpha value is -2.66. The maximum atomic E-state index is 5.13. The number of benzene rings is 1. The molecule has 0 radical (unpaired) electrons. The lowest BCUT2D eigenvalue weighted by atomic mass is 9.95. The molecular formula is C24H29N5. The lowest BCUT2D eigenvalue weighted by Gasteiger charge is -2.29. The van der Waals surface area contributed by atoms with Gasteiger partial charge >= 0.3 is 0 Å². The third-order valence-corrected chi connectivity index (χ3v) is 6.15. The fourth-order valence-electron chi connectivity index (χ4n) is 4.57. The van der Waals surface area contributed by atoms with Crippen molar-refractivity contribution in [3.05, 3.63) is 48.7 Å². The van der Waals surface area contributed by atoms with Crippen LogP contribution < -0.4 is 15.5 Å². The van der Waals surface area contributed by atoms with Gasteiger partial charge in [0.25, 0.3) is 0 Å². The van der Waals surface area contributed by atoms with E-state index < -0.39 is 0 Å². The summed E-state index contributed by atoms with van der Waals surface area (Å²) in [5.74, 6) is 2.06. The summed E-state index contributed by atoms with van der Waals surface area (Å²) in [6.07, 6.45) is 8.39. The van der Waals surface area contributed by atoms with Gasteiger partial charge in [-0.15, -0.1) is 0 Å². The zero-order valence-corrected chi connectivity index (χ0v) is 16.9. The summed E-state index contributed by atoms with van der Waals surface area (Å²) < 4.78 is 0. The van der Waals surface area contributed by atoms with Gasteiger partial charge in [-0.1, -0.05) is 43.5 Å². The van der Waals surface area contributed by atoms with Crippen LogP contribution in [0.1, 0.15) is 32.1 Å². The fourth-order valence-corrected chi connectivity index (χ4v) is 4.57. The predicted octanol–water partition coefficient (Wildman–Crippen LogP) is 4.45. The molecule has 150 valence electrons. The summed E-state index contributed by atoms with van der Waals surface area (Å²) >= 11 is 0. The number of hydrogen-bond acceptors (Lipinski definition) is 5. The average Bonchev–Trinajstić information content (AvgIpc) is 2.80. The van der Waals surface area contributed by atoms with E-state index in [-0.39, 0.29) is 0 Å². The molecular weight excluding hydrogens is 358 g/mol. The monoisotopic (exact) mass is 387 g/mol. The van der Waals surface area contributed by atoms with Gasteiger partial charge in [-0.25, -0.2) is 9.97 Å². The van der Waals surface area contributed by atoms with Gasteiger partial charge in [-0.05, 0) is 36.4 Å². The van der Waals surface area contributed by atoms with Crippen LogP contribution in [0.4, 0.5) is 11.6 Å². The molecule has 29 heavy (non-hydrogen) atoms. The van der Waals surface area contributed by atoms with Gasteiger partial charge in [0, 0.05) is 49.4 Å². The summed E-state index contributed by atoms with van der Waals surface area (Å²) in [4.78, 5) is 12.1. The van der Waals surface area contributed by atoms with Crippen molar-refractivity contribution in [3.63, 3.8) is 0 Å². The number of aromatic nitrogens is 2. The Kier molecular flexibility index (Phi) is 5.31. The third kappa shape index (κ3) is 4.06. The summed E-state index contributed by atoms with van der Waals surface area (Å²) in [5.41, 5.74) is 2.15. The lowest BCUT2D eigenvalue weighted by molar-refractivity contribution is 0.462. The molecule has 3 aromatic rings. The first-order valence-electron chi connectivity index (χ1n) is 11.0. The van der Waals surface area contributed by atoms with Crippen molar-refractivity contribution in [2.75, 3.05) is 36.4 Å². The van der Waals surface area contributed by atoms with Crippen LogP contribution in [0.3, 0.4) is 0 Å². The normalized spacial score (nSPS) is 18.1. The maximum Gasteiger partial charge on any atom is 0.137 e. The second-order valence-electron chi connectivity index (χ2n) is 8.20. The first-order chi connectivity index (χ1) is 14.4. The Labute approximate surface area is 172 Å². The molecule has 1 aliphatic carbocycles. The number of rotatable bonds is 4. The van der Waals surface area contributed by atoms with Crippen LogP contribution in [-0.2, 0) is 0 Å². The van der Waals surface area contributed by atoms with Crippen molar-refractivity contribution in [1.29, 1.82) is 0 Å². The highest BCUT2D eigenvalue weighted by molar-refractivity contribution is 5.95. The van der Waals surface area contributed by atoms with Crippen LogP contribution in [0.15, 0.2) is 48.7 Å². The Morgan fingerprint density at radius 1 is 0.966 bits per heavy atom. The Morgan fingerprint density at radius 3 is 2.66 bits per heavy atom. The second kappa shape index (κ2) is 8.37. The molecule has 1 aromatic carbocycles. The van der Waals surface area contributed by atoms with Crippen molar-refractivity contribution in [2.45, 2.75) is 38.1 Å². The van der Waals surface area contributed by atoms with E-state index in [1.807, 2.05) is 6.20 Å². The summed E-state index contributed by atoms with van der Waals surface area (Å²) in [7, 11) is 0. The zero-order chi connectivity index (χ0) is 19.5. The number of piperazine rings is 1. The van der Waals surface area contributed by atoms with E-state index in [1.165, 1.54) is 42.9 Å². The number of fused-ring (bicyclic) bond motifs is 1. The molecule has 0 spiro atoms. The molecule has 2 N–H and O–H groups in total. The number of pyridine rings is 2. The molecule has 1 saturated heterocycles. The first-order valence-corrected chi connectivity index (χ1v) is 11.0. The molecule has 2 aliphatic rings. The van der Waals surface area contributed by atoms with Crippen LogP contribution in [0.2, 0.25) is 0 Å². The van der Waals surface area contributed by atoms with Crippen LogP contribution in [-0.4, -0.2) is 42.2 Å². The number of nitrogens with zero attached hydrogens (tertiary/aromatic N) is 3. The minimum absolute atomic E-state index is 0.549. The molecule has 5 nitrogen and oxygen atoms in total. The van der Waals surface area contributed by atoms with Crippen molar-refractivity contribution < 1.29 is 0 Å². The molecule has 5 heteroatoms. The molecule has 1 aliphatic heterocycles. The third-order valence-electron chi connectivity index (χ3n) is 6.15. The summed E-state index contributed by atoms with van der Waals surface area (Å²) in [6, 6.07) is 15.6. The van der Waals surface area contributed by atoms with Crippen molar-refractivity contribution in [2.24, 2.45) is 0 Å². The van der Waals surface area contributed by atoms with Gasteiger partial charge < -0.3 is 15.5 Å². The van der Waals surface area contributed by atoms with E-state index in [2.05, 4.69) is 63.0 Å². The smallest absolute Gasteiger partial charge is 0.137 e. The standard InChI is InChI=1S/C24H29N5/c1-2-7-20(8-3-1)27-23-17-19(10-11-26-23)22-16-18-6-4-5-9-21(18)24(28-22)29-14-12-25-13-15-29/h4-6,9-11,16-17,20,25H,1-3,7-8,12-15H2,(H,26,27). The van der Waals surface area contributed by atoms with E-state index in [0.717, 1.165) is 49.1 Å². The van der Waals surface area contributed by atoms with Gasteiger partial charge in [0.05, 0.1) is 5.69 Å². The van der Waals surface area contributed by atoms with Crippen molar-refractivity contribution in [3.8, 4) is 11.3 Å². The largest absolute Gasteiger partial charge is 0.367 e. The van der Waals surface area contributed by atoms with E-state index >= 15 is 0 Å². The zero-order valence-electron chi connectivity index (χ0n) is 16.9. The highest BCUT2D eigenvalue weighted by Gasteiger charge is 2.17.